The largest absolute Gasteiger partial charge is 0.322 e. The van der Waals surface area contributed by atoms with Gasteiger partial charge in [0.05, 0.1) is 16.5 Å². The SMILES string of the molecule is N#Cc1cccc(NC(=O)c2ccc(S(N)(=O)=O)cc2)c1. The van der Waals surface area contributed by atoms with E-state index in [-0.39, 0.29) is 10.5 Å². The van der Waals surface area contributed by atoms with Gasteiger partial charge in [-0.05, 0) is 42.5 Å². The molecular formula is C14H11N3O3S. The summed E-state index contributed by atoms with van der Waals surface area (Å²) in [5.41, 5.74) is 1.19. The number of primary sulfonamides is 1. The fraction of sp³-hybridized carbons (Fsp3) is 0. The Balaban J connectivity index is 2.19. The third-order valence-electron chi connectivity index (χ3n) is 2.69. The minimum Gasteiger partial charge on any atom is -0.322 e. The molecule has 0 radical (unpaired) electrons. The number of nitrogens with one attached hydrogen (secondary N) is 1. The van der Waals surface area contributed by atoms with Crippen LogP contribution in [0.25, 0.3) is 0 Å². The predicted octanol–water partition coefficient (Wildman–Crippen LogP) is 1.46. The van der Waals surface area contributed by atoms with E-state index in [4.69, 9.17) is 10.4 Å². The van der Waals surface area contributed by atoms with Crippen molar-refractivity contribution in [2.75, 3.05) is 5.32 Å². The van der Waals surface area contributed by atoms with Crippen LogP contribution in [0.2, 0.25) is 0 Å². The second-order valence-electron chi connectivity index (χ2n) is 4.22. The monoisotopic (exact) mass is 301 g/mol. The Morgan fingerprint density at radius 3 is 2.38 bits per heavy atom. The number of nitrogens with zero attached hydrogens (tertiary/aromatic N) is 1. The molecule has 0 spiro atoms. The molecule has 0 atom stereocenters. The molecule has 21 heavy (non-hydrogen) atoms. The second-order valence-corrected chi connectivity index (χ2v) is 5.78. The molecule has 0 unspecified atom stereocenters. The average Bonchev–Trinajstić information content (AvgIpc) is 2.46. The smallest absolute Gasteiger partial charge is 0.255 e. The second kappa shape index (κ2) is 5.75. The van der Waals surface area contributed by atoms with Crippen molar-refractivity contribution in [2.24, 2.45) is 5.14 Å². The van der Waals surface area contributed by atoms with Crippen LogP contribution in [-0.4, -0.2) is 14.3 Å². The molecule has 3 N–H and O–H groups in total. The van der Waals surface area contributed by atoms with Gasteiger partial charge in [0.1, 0.15) is 0 Å². The van der Waals surface area contributed by atoms with Crippen molar-refractivity contribution in [3.8, 4) is 6.07 Å². The Kier molecular flexibility index (Phi) is 4.03. The van der Waals surface area contributed by atoms with Crippen LogP contribution in [0.4, 0.5) is 5.69 Å². The van der Waals surface area contributed by atoms with Crippen LogP contribution >= 0.6 is 0 Å². The van der Waals surface area contributed by atoms with Crippen LogP contribution in [0.1, 0.15) is 15.9 Å². The van der Waals surface area contributed by atoms with Gasteiger partial charge in [0.25, 0.3) is 5.91 Å². The Bertz CT molecular complexity index is 821. The van der Waals surface area contributed by atoms with Crippen LogP contribution in [0.3, 0.4) is 0 Å². The number of carbonyl (C=O) groups is 1. The first-order valence-corrected chi connectivity index (χ1v) is 7.39. The van der Waals surface area contributed by atoms with Crippen molar-refractivity contribution >= 4 is 21.6 Å². The Hall–Kier alpha value is -2.69. The zero-order valence-electron chi connectivity index (χ0n) is 10.8. The Labute approximate surface area is 121 Å². The molecule has 106 valence electrons. The summed E-state index contributed by atoms with van der Waals surface area (Å²) < 4.78 is 22.2. The standard InChI is InChI=1S/C14H11N3O3S/c15-9-10-2-1-3-12(8-10)17-14(18)11-4-6-13(7-5-11)21(16,19)20/h1-8H,(H,17,18)(H2,16,19,20). The fourth-order valence-electron chi connectivity index (χ4n) is 1.67. The number of nitriles is 1. The zero-order valence-corrected chi connectivity index (χ0v) is 11.6. The summed E-state index contributed by atoms with van der Waals surface area (Å²) in [7, 11) is -3.78. The maximum Gasteiger partial charge on any atom is 0.255 e. The lowest BCUT2D eigenvalue weighted by molar-refractivity contribution is 0.102. The first-order chi connectivity index (χ1) is 9.90. The highest BCUT2D eigenvalue weighted by atomic mass is 32.2. The van der Waals surface area contributed by atoms with Crippen LogP contribution in [0.15, 0.2) is 53.4 Å². The normalized spacial score (nSPS) is 10.7. The molecular weight excluding hydrogens is 290 g/mol. The molecule has 7 heteroatoms. The third-order valence-corrected chi connectivity index (χ3v) is 3.62. The van der Waals surface area contributed by atoms with Gasteiger partial charge in [0.2, 0.25) is 10.0 Å². The van der Waals surface area contributed by atoms with E-state index in [1.54, 1.807) is 18.2 Å². The lowest BCUT2D eigenvalue weighted by Crippen LogP contribution is -2.14. The van der Waals surface area contributed by atoms with Crippen molar-refractivity contribution in [1.82, 2.24) is 0 Å². The molecule has 2 rings (SSSR count). The van der Waals surface area contributed by atoms with E-state index < -0.39 is 15.9 Å². The maximum atomic E-state index is 12.0. The number of anilines is 1. The molecule has 0 heterocycles. The van der Waals surface area contributed by atoms with Gasteiger partial charge >= 0.3 is 0 Å². The summed E-state index contributed by atoms with van der Waals surface area (Å²) in [6, 6.07) is 13.7. The molecule has 0 fully saturated rings. The molecule has 0 aliphatic rings. The van der Waals surface area contributed by atoms with Gasteiger partial charge in [-0.15, -0.1) is 0 Å². The lowest BCUT2D eigenvalue weighted by atomic mass is 10.2. The first-order valence-electron chi connectivity index (χ1n) is 5.84. The average molecular weight is 301 g/mol. The number of benzene rings is 2. The molecule has 0 aliphatic carbocycles. The van der Waals surface area contributed by atoms with E-state index in [0.29, 0.717) is 11.3 Å². The van der Waals surface area contributed by atoms with Crippen LogP contribution in [-0.2, 0) is 10.0 Å². The van der Waals surface area contributed by atoms with Gasteiger partial charge in [0, 0.05) is 11.3 Å². The number of nitrogens with two attached hydrogens (primary N) is 1. The van der Waals surface area contributed by atoms with E-state index in [9.17, 15) is 13.2 Å². The van der Waals surface area contributed by atoms with Crippen molar-refractivity contribution in [3.05, 3.63) is 59.7 Å². The number of rotatable bonds is 3. The molecule has 1 amide bonds. The molecule has 0 bridgehead atoms. The number of carbonyl (C=O) groups excluding carboxylic acids is 1. The van der Waals surface area contributed by atoms with Gasteiger partial charge in [-0.25, -0.2) is 13.6 Å². The van der Waals surface area contributed by atoms with Crippen molar-refractivity contribution in [3.63, 3.8) is 0 Å². The van der Waals surface area contributed by atoms with E-state index in [0.717, 1.165) is 0 Å². The maximum absolute atomic E-state index is 12.0. The van der Waals surface area contributed by atoms with Crippen molar-refractivity contribution in [1.29, 1.82) is 5.26 Å². The lowest BCUT2D eigenvalue weighted by Gasteiger charge is -2.06. The summed E-state index contributed by atoms with van der Waals surface area (Å²) in [5, 5.41) is 16.4. The highest BCUT2D eigenvalue weighted by molar-refractivity contribution is 7.89. The summed E-state index contributed by atoms with van der Waals surface area (Å²) in [5.74, 6) is -0.411. The summed E-state index contributed by atoms with van der Waals surface area (Å²) in [6.07, 6.45) is 0. The fourth-order valence-corrected chi connectivity index (χ4v) is 2.18. The minimum atomic E-state index is -3.78. The summed E-state index contributed by atoms with van der Waals surface area (Å²) in [6.45, 7) is 0. The van der Waals surface area contributed by atoms with Crippen molar-refractivity contribution in [2.45, 2.75) is 4.90 Å². The molecule has 2 aromatic carbocycles. The number of hydrogen-bond acceptors (Lipinski definition) is 4. The zero-order chi connectivity index (χ0) is 15.5. The van der Waals surface area contributed by atoms with Crippen LogP contribution < -0.4 is 10.5 Å². The van der Waals surface area contributed by atoms with Gasteiger partial charge in [0.15, 0.2) is 0 Å². The third kappa shape index (κ3) is 3.66. The minimum absolute atomic E-state index is 0.0643. The Morgan fingerprint density at radius 1 is 1.14 bits per heavy atom. The predicted molar refractivity (Wildman–Crippen MR) is 76.9 cm³/mol. The van der Waals surface area contributed by atoms with Crippen molar-refractivity contribution < 1.29 is 13.2 Å². The topological polar surface area (TPSA) is 113 Å². The summed E-state index contributed by atoms with van der Waals surface area (Å²) in [4.78, 5) is 11.9. The molecule has 0 saturated carbocycles. The summed E-state index contributed by atoms with van der Waals surface area (Å²) >= 11 is 0. The number of amides is 1. The molecule has 2 aromatic rings. The van der Waals surface area contributed by atoms with E-state index in [1.807, 2.05) is 6.07 Å². The van der Waals surface area contributed by atoms with Gasteiger partial charge in [-0.2, -0.15) is 5.26 Å². The molecule has 6 nitrogen and oxygen atoms in total. The first kappa shape index (κ1) is 14.7. The van der Waals surface area contributed by atoms with Crippen LogP contribution in [0, 0.1) is 11.3 Å². The molecule has 0 aliphatic heterocycles. The number of hydrogen-bond donors (Lipinski definition) is 2. The van der Waals surface area contributed by atoms with E-state index in [1.165, 1.54) is 30.3 Å². The van der Waals surface area contributed by atoms with Gasteiger partial charge in [-0.1, -0.05) is 6.07 Å². The van der Waals surface area contributed by atoms with Gasteiger partial charge < -0.3 is 5.32 Å². The van der Waals surface area contributed by atoms with Gasteiger partial charge in [-0.3, -0.25) is 4.79 Å². The van der Waals surface area contributed by atoms with E-state index >= 15 is 0 Å². The number of sulfonamides is 1. The highest BCUT2D eigenvalue weighted by Gasteiger charge is 2.10. The Morgan fingerprint density at radius 2 is 1.81 bits per heavy atom. The quantitative estimate of drug-likeness (QED) is 0.893. The molecule has 0 saturated heterocycles. The van der Waals surface area contributed by atoms with E-state index in [2.05, 4.69) is 5.32 Å². The van der Waals surface area contributed by atoms with Crippen LogP contribution in [0.5, 0.6) is 0 Å². The molecule has 0 aromatic heterocycles. The highest BCUT2D eigenvalue weighted by Crippen LogP contribution is 2.13.